The van der Waals surface area contributed by atoms with Crippen LogP contribution in [0.25, 0.3) is 11.2 Å². The number of thioether (sulfide) groups is 1. The van der Waals surface area contributed by atoms with Crippen molar-refractivity contribution < 1.29 is 32.3 Å². The summed E-state index contributed by atoms with van der Waals surface area (Å²) in [5.74, 6) is -0.425. The first-order valence-electron chi connectivity index (χ1n) is 11.6. The maximum Gasteiger partial charge on any atom is 0.356 e. The summed E-state index contributed by atoms with van der Waals surface area (Å²) in [4.78, 5) is 33.9. The molecule has 12 nitrogen and oxygen atoms in total. The third-order valence-electron chi connectivity index (χ3n) is 5.37. The molecule has 0 saturated carbocycles. The van der Waals surface area contributed by atoms with Crippen molar-refractivity contribution in [3.05, 3.63) is 40.2 Å². The van der Waals surface area contributed by atoms with Gasteiger partial charge >= 0.3 is 7.60 Å². The van der Waals surface area contributed by atoms with E-state index in [0.717, 1.165) is 11.8 Å². The Morgan fingerprint density at radius 2 is 2.14 bits per heavy atom. The maximum absolute atomic E-state index is 14.3. The van der Waals surface area contributed by atoms with E-state index in [9.17, 15) is 18.5 Å². The van der Waals surface area contributed by atoms with Gasteiger partial charge in [-0.05, 0) is 11.6 Å². The van der Waals surface area contributed by atoms with Gasteiger partial charge in [-0.25, -0.2) is 9.37 Å². The van der Waals surface area contributed by atoms with Crippen LogP contribution in [0.15, 0.2) is 34.7 Å². The monoisotopic (exact) mass is 559 g/mol. The Hall–Kier alpha value is -2.35. The molecular formula is C22H31FN5O7PS. The van der Waals surface area contributed by atoms with Crippen LogP contribution in [0.2, 0.25) is 0 Å². The highest BCUT2D eigenvalue weighted by Crippen LogP contribution is 2.49. The molecule has 37 heavy (non-hydrogen) atoms. The van der Waals surface area contributed by atoms with Crippen LogP contribution in [-0.2, 0) is 34.4 Å². The Labute approximate surface area is 217 Å². The van der Waals surface area contributed by atoms with Crippen molar-refractivity contribution in [2.24, 2.45) is 5.92 Å². The average molecular weight is 560 g/mol. The zero-order chi connectivity index (χ0) is 27.0. The van der Waals surface area contributed by atoms with Crippen LogP contribution in [0.5, 0.6) is 0 Å². The second kappa shape index (κ2) is 13.4. The summed E-state index contributed by atoms with van der Waals surface area (Å²) in [7, 11) is -2.34. The summed E-state index contributed by atoms with van der Waals surface area (Å²) in [5, 5.41) is -0.00843. The van der Waals surface area contributed by atoms with E-state index in [1.807, 2.05) is 0 Å². The highest BCUT2D eigenvalue weighted by atomic mass is 32.2. The molecule has 0 aliphatic heterocycles. The van der Waals surface area contributed by atoms with Crippen LogP contribution in [0, 0.1) is 5.92 Å². The number of rotatable bonds is 14. The molecule has 1 aliphatic carbocycles. The van der Waals surface area contributed by atoms with E-state index in [4.69, 9.17) is 24.3 Å². The number of nitrogens with zero attached hydrogens (tertiary/aromatic N) is 3. The van der Waals surface area contributed by atoms with Crippen molar-refractivity contribution in [3.8, 4) is 0 Å². The molecule has 2 aromatic heterocycles. The molecule has 0 aromatic carbocycles. The minimum atomic E-state index is -3.77. The number of aromatic nitrogens is 4. The van der Waals surface area contributed by atoms with Crippen LogP contribution in [0.3, 0.4) is 0 Å². The van der Waals surface area contributed by atoms with E-state index in [-0.39, 0.29) is 55.2 Å². The molecule has 3 unspecified atom stereocenters. The van der Waals surface area contributed by atoms with E-state index in [1.165, 1.54) is 19.5 Å². The zero-order valence-electron chi connectivity index (χ0n) is 20.8. The van der Waals surface area contributed by atoms with Gasteiger partial charge in [0.05, 0.1) is 26.1 Å². The lowest BCUT2D eigenvalue weighted by atomic mass is 9.94. The molecule has 0 spiro atoms. The molecule has 3 atom stereocenters. The molecule has 3 rings (SSSR count). The predicted molar refractivity (Wildman–Crippen MR) is 138 cm³/mol. The fourth-order valence-electron chi connectivity index (χ4n) is 3.59. The number of nitrogens with one attached hydrogen (secondary N) is 1. The number of ether oxygens (including phenoxy) is 2. The van der Waals surface area contributed by atoms with Gasteiger partial charge in [-0.1, -0.05) is 31.7 Å². The molecule has 0 saturated heterocycles. The van der Waals surface area contributed by atoms with E-state index in [0.29, 0.717) is 23.4 Å². The second-order valence-corrected chi connectivity index (χ2v) is 11.3. The molecule has 204 valence electrons. The Bertz CT molecular complexity index is 1260. The highest BCUT2D eigenvalue weighted by molar-refractivity contribution is 8.13. The molecule has 15 heteroatoms. The summed E-state index contributed by atoms with van der Waals surface area (Å²) >= 11 is 1.08. The minimum absolute atomic E-state index is 0.000571. The van der Waals surface area contributed by atoms with Crippen molar-refractivity contribution in [1.82, 2.24) is 19.5 Å². The summed E-state index contributed by atoms with van der Waals surface area (Å²) in [6.07, 6.45) is 3.82. The molecule has 1 aliphatic rings. The molecule has 0 bridgehead atoms. The largest absolute Gasteiger partial charge is 0.374 e. The third kappa shape index (κ3) is 8.06. The van der Waals surface area contributed by atoms with Gasteiger partial charge in [0, 0.05) is 31.7 Å². The minimum Gasteiger partial charge on any atom is -0.374 e. The fraction of sp³-hybridized carbons (Fsp3) is 0.545. The highest BCUT2D eigenvalue weighted by Gasteiger charge is 2.29. The van der Waals surface area contributed by atoms with Gasteiger partial charge in [0.25, 0.3) is 5.56 Å². The molecular weight excluding hydrogens is 528 g/mol. The number of carbonyl (C=O) groups is 1. The van der Waals surface area contributed by atoms with E-state index in [1.54, 1.807) is 24.5 Å². The van der Waals surface area contributed by atoms with Gasteiger partial charge in [0.1, 0.15) is 18.3 Å². The summed E-state index contributed by atoms with van der Waals surface area (Å²) < 4.78 is 51.1. The summed E-state index contributed by atoms with van der Waals surface area (Å²) in [6, 6.07) is 0. The van der Waals surface area contributed by atoms with Crippen LogP contribution >= 0.6 is 19.4 Å². The average Bonchev–Trinajstić information content (AvgIpc) is 3.26. The van der Waals surface area contributed by atoms with Crippen LogP contribution in [0.1, 0.15) is 20.3 Å². The maximum atomic E-state index is 14.3. The lowest BCUT2D eigenvalue weighted by Gasteiger charge is -2.24. The number of aromatic amines is 1. The number of hydrogen-bond acceptors (Lipinski definition) is 11. The van der Waals surface area contributed by atoms with Gasteiger partial charge < -0.3 is 28.8 Å². The molecule has 3 N–H and O–H groups in total. The van der Waals surface area contributed by atoms with Crippen LogP contribution < -0.4 is 11.3 Å². The first-order chi connectivity index (χ1) is 17.7. The normalized spacial score (nSPS) is 19.5. The Morgan fingerprint density at radius 1 is 1.35 bits per heavy atom. The van der Waals surface area contributed by atoms with Crippen molar-refractivity contribution in [2.45, 2.75) is 32.9 Å². The number of anilines is 1. The topological polar surface area (TPSA) is 161 Å². The zero-order valence-corrected chi connectivity index (χ0v) is 22.6. The fourth-order valence-corrected chi connectivity index (χ4v) is 5.61. The smallest absolute Gasteiger partial charge is 0.356 e. The first kappa shape index (κ1) is 29.2. The van der Waals surface area contributed by atoms with Crippen molar-refractivity contribution in [2.75, 3.05) is 44.8 Å². The van der Waals surface area contributed by atoms with Crippen LogP contribution in [0.4, 0.5) is 10.3 Å². The number of hydrogen-bond donors (Lipinski definition) is 2. The van der Waals surface area contributed by atoms with Gasteiger partial charge in [0.15, 0.2) is 16.3 Å². The van der Waals surface area contributed by atoms with E-state index >= 15 is 0 Å². The SMILES string of the molecule is CCC(=O)SCCOP(=O)(COCCn1cnc2c(=O)[nH]c(N)nc21)OCC1=CC(C)C(OC)C(F)=C1. The second-order valence-electron chi connectivity index (χ2n) is 8.18. The number of halogens is 1. The standard InChI is InChI=1S/C22H31FN5O7PS/c1-4-17(29)37-8-7-34-36(31,35-11-15-9-14(2)19(32-3)16(23)10-15)13-33-6-5-28-12-25-18-20(28)26-22(24)27-21(18)30/h9-10,12,14,19H,4-8,11,13H2,1-3H3,(H3,24,26,27,30). The molecule has 0 amide bonds. The Kier molecular flexibility index (Phi) is 10.6. The molecule has 0 fully saturated rings. The number of imidazole rings is 1. The van der Waals surface area contributed by atoms with E-state index in [2.05, 4.69) is 15.0 Å². The van der Waals surface area contributed by atoms with Gasteiger partial charge in [-0.3, -0.25) is 19.1 Å². The third-order valence-corrected chi connectivity index (χ3v) is 7.95. The van der Waals surface area contributed by atoms with Gasteiger partial charge in [-0.2, -0.15) is 4.98 Å². The van der Waals surface area contributed by atoms with E-state index < -0.39 is 25.1 Å². The van der Waals surface area contributed by atoms with Crippen molar-refractivity contribution >= 4 is 41.6 Å². The number of nitrogens with two attached hydrogens (primary N) is 1. The lowest BCUT2D eigenvalue weighted by Crippen LogP contribution is -2.23. The Morgan fingerprint density at radius 3 is 2.84 bits per heavy atom. The Balaban J connectivity index is 1.60. The van der Waals surface area contributed by atoms with Crippen molar-refractivity contribution in [3.63, 3.8) is 0 Å². The number of H-pyrrole nitrogens is 1. The summed E-state index contributed by atoms with van der Waals surface area (Å²) in [5.41, 5.74) is 6.07. The predicted octanol–water partition coefficient (Wildman–Crippen LogP) is 3.02. The van der Waals surface area contributed by atoms with Gasteiger partial charge in [-0.15, -0.1) is 0 Å². The molecule has 2 aromatic rings. The molecule has 0 radical (unpaired) electrons. The van der Waals surface area contributed by atoms with Crippen LogP contribution in [-0.4, -0.2) is 69.8 Å². The lowest BCUT2D eigenvalue weighted by molar-refractivity contribution is -0.110. The van der Waals surface area contributed by atoms with Gasteiger partial charge in [0.2, 0.25) is 5.95 Å². The quantitative estimate of drug-likeness (QED) is 0.259. The summed E-state index contributed by atoms with van der Waals surface area (Å²) in [6.45, 7) is 3.71. The number of methoxy groups -OCH3 is 1. The first-order valence-corrected chi connectivity index (χ1v) is 14.3. The van der Waals surface area contributed by atoms with Crippen molar-refractivity contribution in [1.29, 1.82) is 0 Å². The number of nitrogen functional groups attached to an aromatic ring is 1. The number of carbonyl (C=O) groups excluding carboxylic acids is 1. The molecule has 2 heterocycles. The number of fused-ring (bicyclic) bond motifs is 1.